The fraction of sp³-hybridized carbons (Fsp3) is 0.286. The first kappa shape index (κ1) is 13.6. The summed E-state index contributed by atoms with van der Waals surface area (Å²) in [4.78, 5) is 8.46. The predicted molar refractivity (Wildman–Crippen MR) is 76.8 cm³/mol. The lowest BCUT2D eigenvalue weighted by Crippen LogP contribution is -2.06. The van der Waals surface area contributed by atoms with E-state index in [0.29, 0.717) is 17.5 Å². The summed E-state index contributed by atoms with van der Waals surface area (Å²) in [7, 11) is 1.66. The largest absolute Gasteiger partial charge is 0.497 e. The van der Waals surface area contributed by atoms with Gasteiger partial charge in [-0.05, 0) is 31.5 Å². The summed E-state index contributed by atoms with van der Waals surface area (Å²) >= 11 is 6.04. The molecule has 0 amide bonds. The second-order valence-corrected chi connectivity index (χ2v) is 4.60. The summed E-state index contributed by atoms with van der Waals surface area (Å²) in [6.07, 6.45) is 0. The molecular weight excluding hydrogens is 262 g/mol. The number of methoxy groups -OCH3 is 1. The Morgan fingerprint density at radius 3 is 2.79 bits per heavy atom. The molecule has 2 rings (SSSR count). The van der Waals surface area contributed by atoms with Crippen LogP contribution < -0.4 is 10.1 Å². The number of aryl methyl sites for hydroxylation is 1. The number of aromatic nitrogens is 2. The van der Waals surface area contributed by atoms with E-state index in [1.54, 1.807) is 7.11 Å². The Kier molecular flexibility index (Phi) is 4.22. The number of rotatable bonds is 4. The predicted octanol–water partition coefficient (Wildman–Crippen LogP) is 3.37. The van der Waals surface area contributed by atoms with E-state index in [0.717, 1.165) is 22.7 Å². The molecule has 1 aromatic carbocycles. The number of hydrogen-bond acceptors (Lipinski definition) is 4. The number of ether oxygens (including phenoxy) is 1. The highest BCUT2D eigenvalue weighted by Gasteiger charge is 2.07. The standard InChI is InChI=1S/C14H16ClN3O/c1-9-13(15)17-10(2)18-14(9)16-8-11-5-4-6-12(7-11)19-3/h4-7H,8H2,1-3H3,(H,16,17,18). The average Bonchev–Trinajstić information content (AvgIpc) is 2.41. The molecule has 0 radical (unpaired) electrons. The Balaban J connectivity index is 2.14. The minimum Gasteiger partial charge on any atom is -0.497 e. The Labute approximate surface area is 117 Å². The van der Waals surface area contributed by atoms with Gasteiger partial charge in [0.15, 0.2) is 0 Å². The average molecular weight is 278 g/mol. The van der Waals surface area contributed by atoms with Crippen LogP contribution >= 0.6 is 11.6 Å². The summed E-state index contributed by atoms with van der Waals surface area (Å²) in [5.74, 6) is 2.26. The van der Waals surface area contributed by atoms with Gasteiger partial charge in [-0.15, -0.1) is 0 Å². The highest BCUT2D eigenvalue weighted by molar-refractivity contribution is 6.30. The summed E-state index contributed by atoms with van der Waals surface area (Å²) in [5.41, 5.74) is 1.97. The van der Waals surface area contributed by atoms with E-state index < -0.39 is 0 Å². The second kappa shape index (κ2) is 5.89. The van der Waals surface area contributed by atoms with Gasteiger partial charge in [0.05, 0.1) is 7.11 Å². The summed E-state index contributed by atoms with van der Waals surface area (Å²) in [6, 6.07) is 7.89. The number of nitrogens with zero attached hydrogens (tertiary/aromatic N) is 2. The highest BCUT2D eigenvalue weighted by atomic mass is 35.5. The smallest absolute Gasteiger partial charge is 0.137 e. The lowest BCUT2D eigenvalue weighted by atomic mass is 10.2. The summed E-state index contributed by atoms with van der Waals surface area (Å²) < 4.78 is 5.19. The molecule has 1 N–H and O–H groups in total. The van der Waals surface area contributed by atoms with Gasteiger partial charge < -0.3 is 10.1 Å². The molecule has 0 aliphatic carbocycles. The summed E-state index contributed by atoms with van der Waals surface area (Å²) in [6.45, 7) is 4.38. The van der Waals surface area contributed by atoms with Gasteiger partial charge in [0.2, 0.25) is 0 Å². The van der Waals surface area contributed by atoms with Gasteiger partial charge in [0.1, 0.15) is 22.5 Å². The van der Waals surface area contributed by atoms with Gasteiger partial charge in [-0.3, -0.25) is 0 Å². The third-order valence-electron chi connectivity index (χ3n) is 2.79. The molecule has 0 fully saturated rings. The van der Waals surface area contributed by atoms with Crippen LogP contribution in [-0.2, 0) is 6.54 Å². The first-order valence-electron chi connectivity index (χ1n) is 5.97. The zero-order chi connectivity index (χ0) is 13.8. The fourth-order valence-electron chi connectivity index (χ4n) is 1.73. The number of anilines is 1. The normalized spacial score (nSPS) is 10.3. The van der Waals surface area contributed by atoms with Gasteiger partial charge in [0, 0.05) is 12.1 Å². The second-order valence-electron chi connectivity index (χ2n) is 4.24. The van der Waals surface area contributed by atoms with E-state index in [1.807, 2.05) is 38.1 Å². The van der Waals surface area contributed by atoms with Crippen LogP contribution in [0.25, 0.3) is 0 Å². The van der Waals surface area contributed by atoms with Crippen LogP contribution in [-0.4, -0.2) is 17.1 Å². The first-order valence-corrected chi connectivity index (χ1v) is 6.35. The molecule has 4 nitrogen and oxygen atoms in total. The van der Waals surface area contributed by atoms with E-state index >= 15 is 0 Å². The molecule has 0 atom stereocenters. The number of benzene rings is 1. The maximum atomic E-state index is 6.04. The molecular formula is C14H16ClN3O. The van der Waals surface area contributed by atoms with Crippen molar-refractivity contribution in [3.63, 3.8) is 0 Å². The van der Waals surface area contributed by atoms with E-state index in [4.69, 9.17) is 16.3 Å². The van der Waals surface area contributed by atoms with Gasteiger partial charge in [0.25, 0.3) is 0 Å². The topological polar surface area (TPSA) is 47.0 Å². The molecule has 100 valence electrons. The van der Waals surface area contributed by atoms with Gasteiger partial charge in [-0.25, -0.2) is 9.97 Å². The molecule has 0 saturated carbocycles. The molecule has 1 aromatic heterocycles. The van der Waals surface area contributed by atoms with E-state index in [9.17, 15) is 0 Å². The molecule has 0 unspecified atom stereocenters. The molecule has 19 heavy (non-hydrogen) atoms. The minimum absolute atomic E-state index is 0.487. The lowest BCUT2D eigenvalue weighted by molar-refractivity contribution is 0.414. The number of hydrogen-bond donors (Lipinski definition) is 1. The molecule has 1 heterocycles. The molecule has 0 spiro atoms. The quantitative estimate of drug-likeness (QED) is 0.871. The Morgan fingerprint density at radius 2 is 2.05 bits per heavy atom. The van der Waals surface area contributed by atoms with Crippen molar-refractivity contribution in [3.8, 4) is 5.75 Å². The van der Waals surface area contributed by atoms with Crippen LogP contribution in [0.1, 0.15) is 17.0 Å². The Morgan fingerprint density at radius 1 is 1.26 bits per heavy atom. The maximum absolute atomic E-state index is 6.04. The minimum atomic E-state index is 0.487. The Hall–Kier alpha value is -1.81. The van der Waals surface area contributed by atoms with Crippen LogP contribution in [0.2, 0.25) is 5.15 Å². The third kappa shape index (κ3) is 3.35. The third-order valence-corrected chi connectivity index (χ3v) is 3.16. The zero-order valence-corrected chi connectivity index (χ0v) is 12.0. The maximum Gasteiger partial charge on any atom is 0.137 e. The Bertz CT molecular complexity index is 587. The lowest BCUT2D eigenvalue weighted by Gasteiger charge is -2.11. The first-order chi connectivity index (χ1) is 9.10. The van der Waals surface area contributed by atoms with E-state index in [2.05, 4.69) is 15.3 Å². The molecule has 0 bridgehead atoms. The molecule has 0 aliphatic heterocycles. The van der Waals surface area contributed by atoms with Crippen molar-refractivity contribution in [2.75, 3.05) is 12.4 Å². The van der Waals surface area contributed by atoms with Crippen molar-refractivity contribution in [3.05, 3.63) is 46.4 Å². The fourth-order valence-corrected chi connectivity index (χ4v) is 1.95. The van der Waals surface area contributed by atoms with Crippen LogP contribution in [0.3, 0.4) is 0 Å². The van der Waals surface area contributed by atoms with Crippen LogP contribution in [0.5, 0.6) is 5.75 Å². The van der Waals surface area contributed by atoms with E-state index in [1.165, 1.54) is 0 Å². The van der Waals surface area contributed by atoms with Gasteiger partial charge >= 0.3 is 0 Å². The molecule has 0 saturated heterocycles. The van der Waals surface area contributed by atoms with Crippen LogP contribution in [0.15, 0.2) is 24.3 Å². The van der Waals surface area contributed by atoms with Gasteiger partial charge in [-0.1, -0.05) is 23.7 Å². The molecule has 0 aliphatic rings. The summed E-state index contributed by atoms with van der Waals surface area (Å²) in [5, 5.41) is 3.76. The van der Waals surface area contributed by atoms with Crippen molar-refractivity contribution >= 4 is 17.4 Å². The van der Waals surface area contributed by atoms with Crippen LogP contribution in [0.4, 0.5) is 5.82 Å². The van der Waals surface area contributed by atoms with Crippen molar-refractivity contribution in [1.29, 1.82) is 0 Å². The van der Waals surface area contributed by atoms with Crippen molar-refractivity contribution in [2.45, 2.75) is 20.4 Å². The van der Waals surface area contributed by atoms with Gasteiger partial charge in [-0.2, -0.15) is 0 Å². The molecule has 2 aromatic rings. The number of halogens is 1. The molecule has 5 heteroatoms. The monoisotopic (exact) mass is 277 g/mol. The van der Waals surface area contributed by atoms with Crippen molar-refractivity contribution in [1.82, 2.24) is 9.97 Å². The highest BCUT2D eigenvalue weighted by Crippen LogP contribution is 2.20. The van der Waals surface area contributed by atoms with E-state index in [-0.39, 0.29) is 0 Å². The number of nitrogens with one attached hydrogen (secondary N) is 1. The SMILES string of the molecule is COc1cccc(CNc2nc(C)nc(Cl)c2C)c1. The van der Waals surface area contributed by atoms with Crippen LogP contribution in [0, 0.1) is 13.8 Å². The zero-order valence-electron chi connectivity index (χ0n) is 11.2. The van der Waals surface area contributed by atoms with Crippen molar-refractivity contribution in [2.24, 2.45) is 0 Å². The van der Waals surface area contributed by atoms with Crippen molar-refractivity contribution < 1.29 is 4.74 Å².